The lowest BCUT2D eigenvalue weighted by Crippen LogP contribution is -2.34. The number of H-pyrrole nitrogens is 2. The zero-order chi connectivity index (χ0) is 21.2. The molecule has 0 aliphatic carbocycles. The van der Waals surface area contributed by atoms with Crippen molar-refractivity contribution in [1.29, 1.82) is 0 Å². The van der Waals surface area contributed by atoms with Crippen molar-refractivity contribution in [3.63, 3.8) is 0 Å². The van der Waals surface area contributed by atoms with Gasteiger partial charge >= 0.3 is 5.69 Å². The summed E-state index contributed by atoms with van der Waals surface area (Å²) in [5.41, 5.74) is -0.432. The Hall–Kier alpha value is -2.98. The Bertz CT molecular complexity index is 1160. The highest BCUT2D eigenvalue weighted by atomic mass is 16.5. The van der Waals surface area contributed by atoms with Gasteiger partial charge in [-0.15, -0.1) is 0 Å². The van der Waals surface area contributed by atoms with Crippen molar-refractivity contribution < 1.29 is 9.15 Å². The molecule has 164 valence electrons. The van der Waals surface area contributed by atoms with Crippen LogP contribution in [0.3, 0.4) is 0 Å². The van der Waals surface area contributed by atoms with Gasteiger partial charge < -0.3 is 23.9 Å². The van der Waals surface area contributed by atoms with Crippen LogP contribution in [0.2, 0.25) is 0 Å². The molecule has 3 aromatic heterocycles. The van der Waals surface area contributed by atoms with Crippen LogP contribution in [-0.4, -0.2) is 70.3 Å². The van der Waals surface area contributed by atoms with Crippen LogP contribution in [0, 0.1) is 0 Å². The number of aromatic amines is 2. The van der Waals surface area contributed by atoms with Crippen molar-refractivity contribution in [2.24, 2.45) is 0 Å². The molecule has 2 aliphatic heterocycles. The molecule has 10 nitrogen and oxygen atoms in total. The molecule has 0 radical (unpaired) electrons. The number of fused-ring (bicyclic) bond motifs is 1. The number of nitrogens with zero attached hydrogens (tertiary/aromatic N) is 4. The first-order valence-corrected chi connectivity index (χ1v) is 10.8. The summed E-state index contributed by atoms with van der Waals surface area (Å²) in [7, 11) is 0. The van der Waals surface area contributed by atoms with Crippen LogP contribution in [-0.2, 0) is 4.74 Å². The average Bonchev–Trinajstić information content (AvgIpc) is 3.41. The molecule has 1 atom stereocenters. The monoisotopic (exact) mass is 426 g/mol. The number of likely N-dealkylation sites (tertiary alicyclic amines) is 1. The highest BCUT2D eigenvalue weighted by molar-refractivity contribution is 5.89. The molecule has 31 heavy (non-hydrogen) atoms. The third-order valence-corrected chi connectivity index (χ3v) is 6.05. The number of rotatable bonds is 6. The zero-order valence-corrected chi connectivity index (χ0v) is 17.3. The molecule has 0 spiro atoms. The summed E-state index contributed by atoms with van der Waals surface area (Å²) in [6, 6.07) is 1.75. The summed E-state index contributed by atoms with van der Waals surface area (Å²) in [4.78, 5) is 41.4. The van der Waals surface area contributed by atoms with Crippen LogP contribution in [0.15, 0.2) is 32.6 Å². The van der Waals surface area contributed by atoms with Gasteiger partial charge in [0.25, 0.3) is 5.56 Å². The maximum atomic E-state index is 12.1. The Morgan fingerprint density at radius 2 is 2.03 bits per heavy atom. The van der Waals surface area contributed by atoms with E-state index in [-0.39, 0.29) is 11.7 Å². The van der Waals surface area contributed by atoms with Crippen LogP contribution in [0.4, 0.5) is 5.82 Å². The Morgan fingerprint density at radius 1 is 1.16 bits per heavy atom. The van der Waals surface area contributed by atoms with Crippen LogP contribution in [0.5, 0.6) is 0 Å². The minimum Gasteiger partial charge on any atom is -0.437 e. The Morgan fingerprint density at radius 3 is 2.87 bits per heavy atom. The van der Waals surface area contributed by atoms with Gasteiger partial charge in [-0.25, -0.2) is 14.8 Å². The molecule has 2 fully saturated rings. The van der Waals surface area contributed by atoms with E-state index in [0.717, 1.165) is 43.9 Å². The van der Waals surface area contributed by atoms with Crippen molar-refractivity contribution >= 4 is 16.9 Å². The SMILES string of the molecule is O=c1[nH]cc(-c2cc3c(N4CCC(OCCN5CCCCC5)C4)ncnc3o2)c(=O)[nH]1. The van der Waals surface area contributed by atoms with E-state index < -0.39 is 11.2 Å². The Labute approximate surface area is 178 Å². The fourth-order valence-corrected chi connectivity index (χ4v) is 4.41. The van der Waals surface area contributed by atoms with E-state index in [4.69, 9.17) is 9.15 Å². The predicted octanol–water partition coefficient (Wildman–Crippen LogP) is 1.35. The quantitative estimate of drug-likeness (QED) is 0.606. The Balaban J connectivity index is 1.28. The van der Waals surface area contributed by atoms with Gasteiger partial charge in [0.15, 0.2) is 0 Å². The fourth-order valence-electron chi connectivity index (χ4n) is 4.41. The topological polar surface area (TPSA) is 120 Å². The minimum atomic E-state index is -0.561. The first-order chi connectivity index (χ1) is 15.2. The molecule has 2 N–H and O–H groups in total. The van der Waals surface area contributed by atoms with Crippen LogP contribution < -0.4 is 16.1 Å². The van der Waals surface area contributed by atoms with Gasteiger partial charge in [0.2, 0.25) is 5.71 Å². The lowest BCUT2D eigenvalue weighted by atomic mass is 10.1. The van der Waals surface area contributed by atoms with Crippen molar-refractivity contribution in [2.45, 2.75) is 31.8 Å². The molecule has 0 saturated carbocycles. The van der Waals surface area contributed by atoms with Crippen LogP contribution in [0.25, 0.3) is 22.4 Å². The molecule has 3 aromatic rings. The third kappa shape index (κ3) is 4.26. The number of anilines is 1. The van der Waals surface area contributed by atoms with Gasteiger partial charge in [0.05, 0.1) is 23.7 Å². The number of hydrogen-bond acceptors (Lipinski definition) is 8. The summed E-state index contributed by atoms with van der Waals surface area (Å²) in [5, 5.41) is 0.733. The molecular weight excluding hydrogens is 400 g/mol. The van der Waals surface area contributed by atoms with E-state index in [1.54, 1.807) is 6.07 Å². The lowest BCUT2D eigenvalue weighted by Gasteiger charge is -2.26. The number of hydrogen-bond donors (Lipinski definition) is 2. The van der Waals surface area contributed by atoms with Gasteiger partial charge in [-0.3, -0.25) is 9.78 Å². The van der Waals surface area contributed by atoms with Crippen molar-refractivity contribution in [1.82, 2.24) is 24.8 Å². The van der Waals surface area contributed by atoms with Crippen LogP contribution >= 0.6 is 0 Å². The van der Waals surface area contributed by atoms with E-state index in [2.05, 4.69) is 29.7 Å². The Kier molecular flexibility index (Phi) is 5.56. The normalized spacial score (nSPS) is 20.0. The molecule has 5 rings (SSSR count). The molecule has 0 amide bonds. The third-order valence-electron chi connectivity index (χ3n) is 6.05. The molecule has 1 unspecified atom stereocenters. The van der Waals surface area contributed by atoms with Gasteiger partial charge in [-0.2, -0.15) is 0 Å². The molecule has 5 heterocycles. The van der Waals surface area contributed by atoms with Crippen molar-refractivity contribution in [3.8, 4) is 11.3 Å². The van der Waals surface area contributed by atoms with Crippen molar-refractivity contribution in [2.75, 3.05) is 44.2 Å². The van der Waals surface area contributed by atoms with Gasteiger partial charge in [-0.1, -0.05) is 6.42 Å². The molecule has 0 bridgehead atoms. The standard InChI is InChI=1S/C21H26N6O4/c28-19-16(11-22-21(29)25-19)17-10-15-18(23-13-24-20(15)31-17)27-7-4-14(12-27)30-9-8-26-5-2-1-3-6-26/h10-11,13-14H,1-9,12H2,(H2,22,25,28,29). The number of ether oxygens (including phenoxy) is 1. The van der Waals surface area contributed by atoms with E-state index in [1.165, 1.54) is 44.9 Å². The smallest absolute Gasteiger partial charge is 0.325 e. The molecule has 0 aromatic carbocycles. The summed E-state index contributed by atoms with van der Waals surface area (Å²) in [6.45, 7) is 5.70. The van der Waals surface area contributed by atoms with E-state index in [1.807, 2.05) is 0 Å². The summed E-state index contributed by atoms with van der Waals surface area (Å²) in [5.74, 6) is 1.10. The maximum Gasteiger partial charge on any atom is 0.325 e. The highest BCUT2D eigenvalue weighted by Gasteiger charge is 2.27. The maximum absolute atomic E-state index is 12.1. The molecule has 10 heteroatoms. The zero-order valence-electron chi connectivity index (χ0n) is 17.3. The van der Waals surface area contributed by atoms with Crippen molar-refractivity contribution in [3.05, 3.63) is 39.4 Å². The van der Waals surface area contributed by atoms with E-state index in [0.29, 0.717) is 11.5 Å². The minimum absolute atomic E-state index is 0.170. The number of aromatic nitrogens is 4. The fraction of sp³-hybridized carbons (Fsp3) is 0.524. The summed E-state index contributed by atoms with van der Waals surface area (Å²) in [6.07, 6.45) is 7.84. The van der Waals surface area contributed by atoms with E-state index >= 15 is 0 Å². The number of piperidine rings is 1. The molecular formula is C21H26N6O4. The van der Waals surface area contributed by atoms with Gasteiger partial charge in [0.1, 0.15) is 17.9 Å². The molecule has 2 aliphatic rings. The van der Waals surface area contributed by atoms with Gasteiger partial charge in [0, 0.05) is 25.8 Å². The second-order valence-corrected chi connectivity index (χ2v) is 8.14. The first kappa shape index (κ1) is 20.0. The average molecular weight is 426 g/mol. The lowest BCUT2D eigenvalue weighted by molar-refractivity contribution is 0.0467. The number of nitrogens with one attached hydrogen (secondary N) is 2. The summed E-state index contributed by atoms with van der Waals surface area (Å²) >= 11 is 0. The largest absolute Gasteiger partial charge is 0.437 e. The predicted molar refractivity (Wildman–Crippen MR) is 115 cm³/mol. The summed E-state index contributed by atoms with van der Waals surface area (Å²) < 4.78 is 11.9. The molecule has 2 saturated heterocycles. The van der Waals surface area contributed by atoms with Gasteiger partial charge in [-0.05, 0) is 38.4 Å². The highest BCUT2D eigenvalue weighted by Crippen LogP contribution is 2.31. The van der Waals surface area contributed by atoms with E-state index in [9.17, 15) is 9.59 Å². The first-order valence-electron chi connectivity index (χ1n) is 10.8. The number of furan rings is 1. The second kappa shape index (κ2) is 8.64. The second-order valence-electron chi connectivity index (χ2n) is 8.14. The van der Waals surface area contributed by atoms with Crippen LogP contribution in [0.1, 0.15) is 25.7 Å².